The average molecular weight is 272 g/mol. The number of nitrogens with zero attached hydrogens (tertiary/aromatic N) is 1. The van der Waals surface area contributed by atoms with Crippen LogP contribution in [0.1, 0.15) is 10.5 Å². The Morgan fingerprint density at radius 2 is 2.00 bits per heavy atom. The van der Waals surface area contributed by atoms with Gasteiger partial charge in [-0.2, -0.15) is 0 Å². The molecule has 90 valence electrons. The molecule has 0 aliphatic rings. The molecule has 1 heterocycles. The number of aromatic nitrogens is 1. The Labute approximate surface area is 108 Å². The minimum atomic E-state index is -1.06. The maximum Gasteiger partial charge on any atom is 0.356 e. The number of hydrogen-bond donors (Lipinski definition) is 3. The van der Waals surface area contributed by atoms with Crippen LogP contribution in [0.3, 0.4) is 0 Å². The van der Waals surface area contributed by atoms with Gasteiger partial charge in [0.25, 0.3) is 0 Å². The minimum Gasteiger partial charge on any atom is -0.476 e. The Hall–Kier alpha value is -1.63. The third-order valence-electron chi connectivity index (χ3n) is 1.99. The van der Waals surface area contributed by atoms with Crippen molar-refractivity contribution in [1.82, 2.24) is 4.98 Å². The topological polar surface area (TPSA) is 88.2 Å². The number of halogens is 1. The number of anilines is 1. The molecule has 0 atom stereocenters. The molecule has 0 radical (unpaired) electrons. The molecule has 0 saturated heterocycles. The van der Waals surface area contributed by atoms with Crippen molar-refractivity contribution in [3.05, 3.63) is 36.0 Å². The molecule has 0 spiro atoms. The molecule has 7 heteroatoms. The van der Waals surface area contributed by atoms with E-state index in [0.717, 1.165) is 5.56 Å². The van der Waals surface area contributed by atoms with Crippen LogP contribution >= 0.6 is 23.7 Å². The number of nitrogens with two attached hydrogens (primary N) is 1. The van der Waals surface area contributed by atoms with Crippen LogP contribution in [0.25, 0.3) is 10.4 Å². The van der Waals surface area contributed by atoms with Crippen LogP contribution in [0.5, 0.6) is 0 Å². The normalized spacial score (nSPS) is 9.47. The van der Waals surface area contributed by atoms with Crippen LogP contribution in [0.2, 0.25) is 0 Å². The Morgan fingerprint density at radius 1 is 1.35 bits per heavy atom. The van der Waals surface area contributed by atoms with Crippen molar-refractivity contribution < 1.29 is 9.90 Å². The summed E-state index contributed by atoms with van der Waals surface area (Å²) >= 11 is 1.21. The van der Waals surface area contributed by atoms with Crippen LogP contribution in [0.4, 0.5) is 5.13 Å². The molecular weight excluding hydrogens is 262 g/mol. The lowest BCUT2D eigenvalue weighted by Gasteiger charge is -1.97. The van der Waals surface area contributed by atoms with E-state index in [2.05, 4.69) is 10.4 Å². The fourth-order valence-electron chi connectivity index (χ4n) is 1.31. The SMILES string of the molecule is Cl.NNc1nc(C(=O)O)c(-c2ccccc2)s1. The number of benzene rings is 1. The van der Waals surface area contributed by atoms with Crippen molar-refractivity contribution in [2.45, 2.75) is 0 Å². The molecule has 17 heavy (non-hydrogen) atoms. The molecule has 4 N–H and O–H groups in total. The lowest BCUT2D eigenvalue weighted by Crippen LogP contribution is -2.07. The third kappa shape index (κ3) is 2.73. The number of hydrazine groups is 1. The monoisotopic (exact) mass is 271 g/mol. The van der Waals surface area contributed by atoms with E-state index in [1.807, 2.05) is 30.3 Å². The summed E-state index contributed by atoms with van der Waals surface area (Å²) in [6.45, 7) is 0. The highest BCUT2D eigenvalue weighted by Crippen LogP contribution is 2.32. The van der Waals surface area contributed by atoms with E-state index in [0.29, 0.717) is 10.0 Å². The molecule has 0 aliphatic carbocycles. The first-order chi connectivity index (χ1) is 7.72. The number of nitrogen functional groups attached to an aromatic ring is 1. The first-order valence-electron chi connectivity index (χ1n) is 4.48. The van der Waals surface area contributed by atoms with Crippen LogP contribution in [-0.2, 0) is 0 Å². The summed E-state index contributed by atoms with van der Waals surface area (Å²) in [5, 5.41) is 9.40. The smallest absolute Gasteiger partial charge is 0.356 e. The Kier molecular flexibility index (Phi) is 4.45. The lowest BCUT2D eigenvalue weighted by molar-refractivity contribution is 0.0692. The number of carboxylic acids is 1. The largest absolute Gasteiger partial charge is 0.476 e. The van der Waals surface area contributed by atoms with E-state index in [1.54, 1.807) is 0 Å². The molecule has 1 aromatic heterocycles. The van der Waals surface area contributed by atoms with Gasteiger partial charge in [0.2, 0.25) is 0 Å². The molecule has 5 nitrogen and oxygen atoms in total. The van der Waals surface area contributed by atoms with Crippen molar-refractivity contribution >= 4 is 34.8 Å². The lowest BCUT2D eigenvalue weighted by atomic mass is 10.1. The molecule has 0 saturated carbocycles. The molecule has 2 aromatic rings. The van der Waals surface area contributed by atoms with Crippen LogP contribution in [-0.4, -0.2) is 16.1 Å². The van der Waals surface area contributed by atoms with Crippen LogP contribution < -0.4 is 11.3 Å². The quantitative estimate of drug-likeness (QED) is 0.588. The van der Waals surface area contributed by atoms with E-state index in [-0.39, 0.29) is 18.1 Å². The molecule has 0 amide bonds. The highest BCUT2D eigenvalue weighted by molar-refractivity contribution is 7.19. The summed E-state index contributed by atoms with van der Waals surface area (Å²) < 4.78 is 0. The van der Waals surface area contributed by atoms with Crippen molar-refractivity contribution in [1.29, 1.82) is 0 Å². The maximum absolute atomic E-state index is 11.0. The molecule has 0 bridgehead atoms. The second kappa shape index (κ2) is 5.62. The number of hydrogen-bond acceptors (Lipinski definition) is 5. The van der Waals surface area contributed by atoms with Gasteiger partial charge >= 0.3 is 5.97 Å². The summed E-state index contributed by atoms with van der Waals surface area (Å²) in [4.78, 5) is 15.5. The van der Waals surface area contributed by atoms with Gasteiger partial charge in [0.05, 0.1) is 4.88 Å². The first kappa shape index (κ1) is 13.4. The fourth-order valence-corrected chi connectivity index (χ4v) is 2.18. The highest BCUT2D eigenvalue weighted by atomic mass is 35.5. The zero-order valence-corrected chi connectivity index (χ0v) is 10.2. The third-order valence-corrected chi connectivity index (χ3v) is 3.02. The number of aromatic carboxylic acids is 1. The van der Waals surface area contributed by atoms with E-state index in [4.69, 9.17) is 10.9 Å². The van der Waals surface area contributed by atoms with Gasteiger partial charge in [-0.25, -0.2) is 15.6 Å². The van der Waals surface area contributed by atoms with Crippen LogP contribution in [0.15, 0.2) is 30.3 Å². The zero-order chi connectivity index (χ0) is 11.5. The summed E-state index contributed by atoms with van der Waals surface area (Å²) in [5.41, 5.74) is 3.19. The van der Waals surface area contributed by atoms with Gasteiger partial charge in [-0.3, -0.25) is 5.43 Å². The Bertz CT molecular complexity index is 516. The Morgan fingerprint density at radius 3 is 2.53 bits per heavy atom. The number of thiazole rings is 1. The Balaban J connectivity index is 0.00000144. The van der Waals surface area contributed by atoms with E-state index >= 15 is 0 Å². The van der Waals surface area contributed by atoms with Crippen molar-refractivity contribution in [2.24, 2.45) is 5.84 Å². The molecule has 2 rings (SSSR count). The first-order valence-corrected chi connectivity index (χ1v) is 5.30. The molecule has 0 unspecified atom stereocenters. The van der Waals surface area contributed by atoms with E-state index in [9.17, 15) is 4.79 Å². The van der Waals surface area contributed by atoms with Gasteiger partial charge in [0.1, 0.15) is 0 Å². The number of carbonyl (C=O) groups is 1. The van der Waals surface area contributed by atoms with Gasteiger partial charge in [-0.15, -0.1) is 12.4 Å². The van der Waals surface area contributed by atoms with Gasteiger partial charge in [0, 0.05) is 0 Å². The van der Waals surface area contributed by atoms with Gasteiger partial charge in [-0.05, 0) is 5.56 Å². The summed E-state index contributed by atoms with van der Waals surface area (Å²) in [7, 11) is 0. The zero-order valence-electron chi connectivity index (χ0n) is 8.58. The standard InChI is InChI=1S/C10H9N3O2S.ClH/c11-13-10-12-7(9(14)15)8(16-10)6-4-2-1-3-5-6;/h1-5H,11H2,(H,12,13)(H,14,15);1H. The highest BCUT2D eigenvalue weighted by Gasteiger charge is 2.18. The maximum atomic E-state index is 11.0. The molecule has 0 aliphatic heterocycles. The van der Waals surface area contributed by atoms with E-state index < -0.39 is 5.97 Å². The van der Waals surface area contributed by atoms with Crippen molar-refractivity contribution in [3.63, 3.8) is 0 Å². The second-order valence-corrected chi connectivity index (χ2v) is 4.01. The molecular formula is C10H10ClN3O2S. The van der Waals surface area contributed by atoms with Crippen molar-refractivity contribution in [3.8, 4) is 10.4 Å². The number of nitrogens with one attached hydrogen (secondary N) is 1. The second-order valence-electron chi connectivity index (χ2n) is 3.01. The fraction of sp³-hybridized carbons (Fsp3) is 0. The average Bonchev–Trinajstić information content (AvgIpc) is 2.74. The molecule has 0 fully saturated rings. The minimum absolute atomic E-state index is 0. The molecule has 1 aromatic carbocycles. The summed E-state index contributed by atoms with van der Waals surface area (Å²) in [5.74, 6) is 4.16. The van der Waals surface area contributed by atoms with Gasteiger partial charge < -0.3 is 5.11 Å². The van der Waals surface area contributed by atoms with Gasteiger partial charge in [0.15, 0.2) is 10.8 Å². The number of carboxylic acid groups (broad SMARTS) is 1. The summed E-state index contributed by atoms with van der Waals surface area (Å²) in [6.07, 6.45) is 0. The summed E-state index contributed by atoms with van der Waals surface area (Å²) in [6, 6.07) is 9.22. The van der Waals surface area contributed by atoms with Gasteiger partial charge in [-0.1, -0.05) is 41.7 Å². The number of rotatable bonds is 3. The predicted molar refractivity (Wildman–Crippen MR) is 69.6 cm³/mol. The van der Waals surface area contributed by atoms with Crippen molar-refractivity contribution in [2.75, 3.05) is 5.43 Å². The van der Waals surface area contributed by atoms with E-state index in [1.165, 1.54) is 11.3 Å². The van der Waals surface area contributed by atoms with Crippen LogP contribution in [0, 0.1) is 0 Å². The predicted octanol–water partition coefficient (Wildman–Crippen LogP) is 2.22.